The van der Waals surface area contributed by atoms with Crippen LogP contribution >= 0.6 is 0 Å². The molecule has 0 aromatic heterocycles. The second kappa shape index (κ2) is 6.20. The van der Waals surface area contributed by atoms with Crippen LogP contribution in [0.4, 0.5) is 5.69 Å². The molecule has 1 amide bonds. The molecule has 0 fully saturated rings. The third-order valence-electron chi connectivity index (χ3n) is 2.29. The number of benzene rings is 2. The predicted molar refractivity (Wildman–Crippen MR) is 71.9 cm³/mol. The highest BCUT2D eigenvalue weighted by atomic mass is 16.5. The number of nitrogens with zero attached hydrogens (tertiary/aromatic N) is 1. The molecular weight excluding hydrogens is 244 g/mol. The molecule has 2 aromatic rings. The molecule has 0 aliphatic carbocycles. The van der Waals surface area contributed by atoms with E-state index in [-0.39, 0.29) is 0 Å². The zero-order valence-corrected chi connectivity index (χ0v) is 9.98. The summed E-state index contributed by atoms with van der Waals surface area (Å²) in [5, 5.41) is 13.5. The van der Waals surface area contributed by atoms with Gasteiger partial charge in [-0.1, -0.05) is 35.5 Å². The van der Waals surface area contributed by atoms with Crippen LogP contribution < -0.4 is 10.1 Å². The van der Waals surface area contributed by atoms with Crippen molar-refractivity contribution in [3.8, 4) is 11.5 Å². The van der Waals surface area contributed by atoms with Gasteiger partial charge in [0.1, 0.15) is 12.0 Å². The van der Waals surface area contributed by atoms with Gasteiger partial charge in [0.05, 0.1) is 5.69 Å². The van der Waals surface area contributed by atoms with Gasteiger partial charge < -0.3 is 15.3 Å². The Morgan fingerprint density at radius 1 is 1.11 bits per heavy atom. The summed E-state index contributed by atoms with van der Waals surface area (Å²) in [6.07, 6.45) is 0.777. The minimum Gasteiger partial charge on any atom is -0.455 e. The number of anilines is 1. The highest BCUT2D eigenvalue weighted by molar-refractivity contribution is 6.31. The molecule has 5 heteroatoms. The largest absolute Gasteiger partial charge is 0.455 e. The average Bonchev–Trinajstić information content (AvgIpc) is 2.42. The normalized spacial score (nSPS) is 10.3. The van der Waals surface area contributed by atoms with Gasteiger partial charge in [0.2, 0.25) is 0 Å². The van der Waals surface area contributed by atoms with Crippen LogP contribution in [-0.4, -0.2) is 17.3 Å². The van der Waals surface area contributed by atoms with E-state index >= 15 is 0 Å². The van der Waals surface area contributed by atoms with Gasteiger partial charge in [0.15, 0.2) is 5.75 Å². The van der Waals surface area contributed by atoms with Crippen LogP contribution in [0, 0.1) is 0 Å². The topological polar surface area (TPSA) is 70.9 Å². The second-order valence-corrected chi connectivity index (χ2v) is 3.65. The predicted octanol–water partition coefficient (Wildman–Crippen LogP) is 2.88. The molecule has 0 aliphatic heterocycles. The molecule has 0 aliphatic rings. The van der Waals surface area contributed by atoms with Crippen LogP contribution in [0.15, 0.2) is 59.8 Å². The summed E-state index contributed by atoms with van der Waals surface area (Å²) in [5.41, 5.74) is 0.497. The fourth-order valence-corrected chi connectivity index (χ4v) is 1.49. The molecule has 0 bridgehead atoms. The summed E-state index contributed by atoms with van der Waals surface area (Å²) in [7, 11) is 0. The van der Waals surface area contributed by atoms with Gasteiger partial charge in [-0.05, 0) is 24.3 Å². The molecule has 0 saturated carbocycles. The van der Waals surface area contributed by atoms with Crippen molar-refractivity contribution < 1.29 is 14.7 Å². The van der Waals surface area contributed by atoms with E-state index in [1.807, 2.05) is 30.3 Å². The smallest absolute Gasteiger partial charge is 0.270 e. The minimum atomic E-state index is -0.536. The maximum atomic E-state index is 11.3. The van der Waals surface area contributed by atoms with Crippen molar-refractivity contribution in [2.24, 2.45) is 5.16 Å². The zero-order chi connectivity index (χ0) is 13.5. The lowest BCUT2D eigenvalue weighted by Crippen LogP contribution is -2.13. The van der Waals surface area contributed by atoms with E-state index in [0.717, 1.165) is 6.21 Å². The van der Waals surface area contributed by atoms with E-state index in [0.29, 0.717) is 17.2 Å². The molecule has 2 N–H and O–H groups in total. The lowest BCUT2D eigenvalue weighted by atomic mass is 10.3. The first kappa shape index (κ1) is 12.6. The Labute approximate surface area is 110 Å². The lowest BCUT2D eigenvalue weighted by Gasteiger charge is -2.10. The van der Waals surface area contributed by atoms with Crippen molar-refractivity contribution in [3.05, 3.63) is 54.6 Å². The monoisotopic (exact) mass is 256 g/mol. The first-order valence-electron chi connectivity index (χ1n) is 5.60. The third kappa shape index (κ3) is 3.57. The number of hydrogen-bond acceptors (Lipinski definition) is 4. The molecule has 0 atom stereocenters. The van der Waals surface area contributed by atoms with Crippen LogP contribution in [0.3, 0.4) is 0 Å². The molecule has 0 unspecified atom stereocenters. The van der Waals surface area contributed by atoms with Gasteiger partial charge in [-0.2, -0.15) is 0 Å². The minimum absolute atomic E-state index is 0.497. The SMILES string of the molecule is O=C(/C=N/O)Nc1ccccc1Oc1ccccc1. The van der Waals surface area contributed by atoms with E-state index < -0.39 is 5.91 Å². The van der Waals surface area contributed by atoms with E-state index in [9.17, 15) is 4.79 Å². The Balaban J connectivity index is 2.19. The van der Waals surface area contributed by atoms with Crippen LogP contribution in [0.2, 0.25) is 0 Å². The van der Waals surface area contributed by atoms with Gasteiger partial charge in [-0.25, -0.2) is 0 Å². The molecule has 0 saturated heterocycles. The number of para-hydroxylation sites is 3. The molecule has 2 rings (SSSR count). The third-order valence-corrected chi connectivity index (χ3v) is 2.29. The Bertz CT molecular complexity index is 582. The van der Waals surface area contributed by atoms with E-state index in [1.165, 1.54) is 0 Å². The molecule has 5 nitrogen and oxygen atoms in total. The number of amides is 1. The highest BCUT2D eigenvalue weighted by Crippen LogP contribution is 2.28. The summed E-state index contributed by atoms with van der Waals surface area (Å²) in [6.45, 7) is 0. The second-order valence-electron chi connectivity index (χ2n) is 3.65. The first-order valence-corrected chi connectivity index (χ1v) is 5.60. The molecule has 0 heterocycles. The van der Waals surface area contributed by atoms with Crippen LogP contribution in [0.25, 0.3) is 0 Å². The number of carbonyl (C=O) groups is 1. The standard InChI is InChI=1S/C14H12N2O3/c17-14(10-15-18)16-12-8-4-5-9-13(12)19-11-6-2-1-3-7-11/h1-10,18H,(H,16,17)/b15-10+. The van der Waals surface area contributed by atoms with E-state index in [2.05, 4.69) is 10.5 Å². The van der Waals surface area contributed by atoms with Gasteiger partial charge in [-0.15, -0.1) is 0 Å². The molecule has 0 spiro atoms. The number of nitrogens with one attached hydrogen (secondary N) is 1. The molecule has 2 aromatic carbocycles. The average molecular weight is 256 g/mol. The van der Waals surface area contributed by atoms with Crippen molar-refractivity contribution in [3.63, 3.8) is 0 Å². The van der Waals surface area contributed by atoms with Crippen LogP contribution in [0.5, 0.6) is 11.5 Å². The zero-order valence-electron chi connectivity index (χ0n) is 9.98. The van der Waals surface area contributed by atoms with Gasteiger partial charge >= 0.3 is 0 Å². The van der Waals surface area contributed by atoms with Gasteiger partial charge in [0, 0.05) is 0 Å². The molecular formula is C14H12N2O3. The van der Waals surface area contributed by atoms with E-state index in [1.54, 1.807) is 24.3 Å². The number of carbonyl (C=O) groups excluding carboxylic acids is 1. The Morgan fingerprint density at radius 3 is 2.53 bits per heavy atom. The fraction of sp³-hybridized carbons (Fsp3) is 0. The number of hydrogen-bond donors (Lipinski definition) is 2. The summed E-state index contributed by atoms with van der Waals surface area (Å²) >= 11 is 0. The Morgan fingerprint density at radius 2 is 1.79 bits per heavy atom. The highest BCUT2D eigenvalue weighted by Gasteiger charge is 2.06. The van der Waals surface area contributed by atoms with Crippen LogP contribution in [0.1, 0.15) is 0 Å². The quantitative estimate of drug-likeness (QED) is 0.502. The fourth-order valence-electron chi connectivity index (χ4n) is 1.49. The van der Waals surface area contributed by atoms with Crippen molar-refractivity contribution in [1.82, 2.24) is 0 Å². The summed E-state index contributed by atoms with van der Waals surface area (Å²) in [6, 6.07) is 16.2. The molecule has 19 heavy (non-hydrogen) atoms. The summed E-state index contributed by atoms with van der Waals surface area (Å²) in [5.74, 6) is 0.639. The summed E-state index contributed by atoms with van der Waals surface area (Å²) < 4.78 is 5.67. The first-order chi connectivity index (χ1) is 9.29. The Kier molecular flexibility index (Phi) is 4.12. The summed E-state index contributed by atoms with van der Waals surface area (Å²) in [4.78, 5) is 11.3. The van der Waals surface area contributed by atoms with Crippen molar-refractivity contribution in [2.45, 2.75) is 0 Å². The van der Waals surface area contributed by atoms with Gasteiger partial charge in [0.25, 0.3) is 5.91 Å². The van der Waals surface area contributed by atoms with Crippen LogP contribution in [-0.2, 0) is 4.79 Å². The number of oxime groups is 1. The maximum absolute atomic E-state index is 11.3. The van der Waals surface area contributed by atoms with E-state index in [4.69, 9.17) is 9.94 Å². The van der Waals surface area contributed by atoms with Crippen molar-refractivity contribution in [2.75, 3.05) is 5.32 Å². The number of ether oxygens (including phenoxy) is 1. The van der Waals surface area contributed by atoms with Gasteiger partial charge in [-0.3, -0.25) is 4.79 Å². The molecule has 96 valence electrons. The van der Waals surface area contributed by atoms with Crippen molar-refractivity contribution >= 4 is 17.8 Å². The lowest BCUT2D eigenvalue weighted by molar-refractivity contribution is -0.110. The Hall–Kier alpha value is -2.82. The number of rotatable bonds is 4. The maximum Gasteiger partial charge on any atom is 0.270 e. The molecule has 0 radical (unpaired) electrons. The van der Waals surface area contributed by atoms with Crippen molar-refractivity contribution in [1.29, 1.82) is 0 Å².